The number of hydrogen-bond donors (Lipinski definition) is 2. The predicted octanol–water partition coefficient (Wildman–Crippen LogP) is 3.01. The van der Waals surface area contributed by atoms with E-state index in [9.17, 15) is 0 Å². The molecule has 0 saturated heterocycles. The Morgan fingerprint density at radius 2 is 1.94 bits per heavy atom. The van der Waals surface area contributed by atoms with Crippen LogP contribution in [0.25, 0.3) is 0 Å². The molecule has 0 aromatic heterocycles. The average Bonchev–Trinajstić information content (AvgIpc) is 2.95. The first-order valence-electron chi connectivity index (χ1n) is 7.28. The first-order chi connectivity index (χ1) is 8.33. The molecule has 0 heterocycles. The van der Waals surface area contributed by atoms with Gasteiger partial charge in [0.2, 0.25) is 0 Å². The number of rotatable bonds is 5. The van der Waals surface area contributed by atoms with Crippen LogP contribution in [-0.4, -0.2) is 26.1 Å². The van der Waals surface area contributed by atoms with Gasteiger partial charge in [-0.2, -0.15) is 0 Å². The second-order valence-corrected chi connectivity index (χ2v) is 5.65. The van der Waals surface area contributed by atoms with Crippen LogP contribution in [0.3, 0.4) is 0 Å². The van der Waals surface area contributed by atoms with Crippen molar-refractivity contribution in [2.45, 2.75) is 45.4 Å². The van der Waals surface area contributed by atoms with Crippen LogP contribution in [0.2, 0.25) is 0 Å². The number of guanidine groups is 1. The Morgan fingerprint density at radius 1 is 1.17 bits per heavy atom. The highest BCUT2D eigenvalue weighted by Crippen LogP contribution is 2.49. The minimum Gasteiger partial charge on any atom is -0.356 e. The second kappa shape index (κ2) is 8.23. The van der Waals surface area contributed by atoms with Gasteiger partial charge in [0, 0.05) is 20.1 Å². The van der Waals surface area contributed by atoms with E-state index in [1.165, 1.54) is 32.1 Å². The number of nitrogens with one attached hydrogen (secondary N) is 2. The maximum absolute atomic E-state index is 4.23. The Labute approximate surface area is 129 Å². The summed E-state index contributed by atoms with van der Waals surface area (Å²) in [6.07, 6.45) is 8.49. The van der Waals surface area contributed by atoms with Crippen molar-refractivity contribution in [1.82, 2.24) is 10.6 Å². The zero-order chi connectivity index (χ0) is 12.1. The van der Waals surface area contributed by atoms with Gasteiger partial charge in [0.25, 0.3) is 0 Å². The topological polar surface area (TPSA) is 36.4 Å². The number of aliphatic imine (C=N–C) groups is 1. The highest BCUT2D eigenvalue weighted by atomic mass is 127. The zero-order valence-electron chi connectivity index (χ0n) is 11.7. The Kier molecular flexibility index (Phi) is 7.34. The van der Waals surface area contributed by atoms with Crippen molar-refractivity contribution in [3.63, 3.8) is 0 Å². The van der Waals surface area contributed by atoms with Gasteiger partial charge in [-0.05, 0) is 49.9 Å². The van der Waals surface area contributed by atoms with Gasteiger partial charge in [-0.3, -0.25) is 4.99 Å². The first-order valence-corrected chi connectivity index (χ1v) is 7.28. The van der Waals surface area contributed by atoms with Crippen molar-refractivity contribution in [2.75, 3.05) is 20.1 Å². The van der Waals surface area contributed by atoms with Crippen molar-refractivity contribution >= 4 is 29.9 Å². The lowest BCUT2D eigenvalue weighted by Gasteiger charge is -2.22. The molecule has 0 spiro atoms. The summed E-state index contributed by atoms with van der Waals surface area (Å²) in [5.74, 6) is 4.08. The van der Waals surface area contributed by atoms with Crippen LogP contribution in [0.1, 0.15) is 45.4 Å². The van der Waals surface area contributed by atoms with Crippen LogP contribution in [-0.2, 0) is 0 Å². The van der Waals surface area contributed by atoms with E-state index in [2.05, 4.69) is 22.5 Å². The lowest BCUT2D eigenvalue weighted by atomic mass is 9.86. The molecule has 18 heavy (non-hydrogen) atoms. The van der Waals surface area contributed by atoms with Gasteiger partial charge >= 0.3 is 0 Å². The molecule has 0 radical (unpaired) electrons. The molecule has 0 aliphatic heterocycles. The standard InChI is InChI=1S/C14H27N3.HI/c1-3-7-16-14(15-2)17-8-6-13-10-11-4-5-12(13)9-11;/h11-13H,3-10H2,1-2H3,(H2,15,16,17);1H. The molecule has 2 aliphatic rings. The average molecular weight is 365 g/mol. The molecule has 2 rings (SSSR count). The fraction of sp³-hybridized carbons (Fsp3) is 0.929. The number of hydrogen-bond acceptors (Lipinski definition) is 1. The summed E-state index contributed by atoms with van der Waals surface area (Å²) in [5, 5.41) is 6.75. The second-order valence-electron chi connectivity index (χ2n) is 5.65. The van der Waals surface area contributed by atoms with Crippen LogP contribution in [0.15, 0.2) is 4.99 Å². The molecule has 0 aromatic rings. The monoisotopic (exact) mass is 365 g/mol. The van der Waals surface area contributed by atoms with Crippen LogP contribution >= 0.6 is 24.0 Å². The Hall–Kier alpha value is 0. The van der Waals surface area contributed by atoms with Gasteiger partial charge in [0.05, 0.1) is 0 Å². The highest BCUT2D eigenvalue weighted by molar-refractivity contribution is 14.0. The van der Waals surface area contributed by atoms with Gasteiger partial charge in [0.1, 0.15) is 0 Å². The summed E-state index contributed by atoms with van der Waals surface area (Å²) in [6.45, 7) is 4.26. The normalized spacial score (nSPS) is 30.1. The summed E-state index contributed by atoms with van der Waals surface area (Å²) >= 11 is 0. The largest absolute Gasteiger partial charge is 0.356 e. The maximum Gasteiger partial charge on any atom is 0.190 e. The third-order valence-electron chi connectivity index (χ3n) is 4.46. The molecule has 2 aliphatic carbocycles. The molecular weight excluding hydrogens is 337 g/mol. The first kappa shape index (κ1) is 16.1. The van der Waals surface area contributed by atoms with E-state index in [0.29, 0.717) is 0 Å². The van der Waals surface area contributed by atoms with Gasteiger partial charge in [-0.25, -0.2) is 0 Å². The van der Waals surface area contributed by atoms with Gasteiger partial charge < -0.3 is 10.6 Å². The number of halogens is 1. The molecule has 2 N–H and O–H groups in total. The van der Waals surface area contributed by atoms with Crippen LogP contribution in [0.4, 0.5) is 0 Å². The van der Waals surface area contributed by atoms with Crippen molar-refractivity contribution in [3.05, 3.63) is 0 Å². The van der Waals surface area contributed by atoms with E-state index in [-0.39, 0.29) is 24.0 Å². The summed E-state index contributed by atoms with van der Waals surface area (Å²) in [7, 11) is 1.85. The molecule has 0 aromatic carbocycles. The molecule has 3 unspecified atom stereocenters. The SMILES string of the molecule is CCCNC(=NC)NCCC1CC2CCC1C2.I. The Balaban J connectivity index is 0.00000162. The van der Waals surface area contributed by atoms with Crippen LogP contribution in [0, 0.1) is 17.8 Å². The van der Waals surface area contributed by atoms with Crippen molar-refractivity contribution in [1.29, 1.82) is 0 Å². The summed E-state index contributed by atoms with van der Waals surface area (Å²) in [6, 6.07) is 0. The Morgan fingerprint density at radius 3 is 2.50 bits per heavy atom. The highest BCUT2D eigenvalue weighted by Gasteiger charge is 2.38. The zero-order valence-corrected chi connectivity index (χ0v) is 14.1. The van der Waals surface area contributed by atoms with Gasteiger partial charge in [-0.15, -0.1) is 24.0 Å². The lowest BCUT2D eigenvalue weighted by molar-refractivity contribution is 0.315. The molecular formula is C14H28IN3. The van der Waals surface area contributed by atoms with Crippen molar-refractivity contribution in [3.8, 4) is 0 Å². The minimum absolute atomic E-state index is 0. The predicted molar refractivity (Wildman–Crippen MR) is 88.6 cm³/mol. The summed E-state index contributed by atoms with van der Waals surface area (Å²) in [4.78, 5) is 4.23. The van der Waals surface area contributed by atoms with Gasteiger partial charge in [-0.1, -0.05) is 13.3 Å². The third kappa shape index (κ3) is 4.28. The minimum atomic E-state index is 0. The van der Waals surface area contributed by atoms with Crippen molar-refractivity contribution < 1.29 is 0 Å². The Bertz CT molecular complexity index is 268. The molecule has 106 valence electrons. The van der Waals surface area contributed by atoms with E-state index in [4.69, 9.17) is 0 Å². The molecule has 2 bridgehead atoms. The van der Waals surface area contributed by atoms with E-state index in [0.717, 1.165) is 43.2 Å². The maximum atomic E-state index is 4.23. The quantitative estimate of drug-likeness (QED) is 0.447. The smallest absolute Gasteiger partial charge is 0.190 e. The fourth-order valence-corrected chi connectivity index (χ4v) is 3.57. The molecule has 3 atom stereocenters. The summed E-state index contributed by atoms with van der Waals surface area (Å²) < 4.78 is 0. The van der Waals surface area contributed by atoms with E-state index in [1.807, 2.05) is 7.05 Å². The number of nitrogens with zero attached hydrogens (tertiary/aromatic N) is 1. The molecule has 3 nitrogen and oxygen atoms in total. The third-order valence-corrected chi connectivity index (χ3v) is 4.46. The van der Waals surface area contributed by atoms with Crippen LogP contribution in [0.5, 0.6) is 0 Å². The van der Waals surface area contributed by atoms with Crippen LogP contribution < -0.4 is 10.6 Å². The molecule has 0 amide bonds. The van der Waals surface area contributed by atoms with Crippen molar-refractivity contribution in [2.24, 2.45) is 22.7 Å². The fourth-order valence-electron chi connectivity index (χ4n) is 3.57. The molecule has 2 saturated carbocycles. The summed E-state index contributed by atoms with van der Waals surface area (Å²) in [5.41, 5.74) is 0. The van der Waals surface area contributed by atoms with E-state index in [1.54, 1.807) is 0 Å². The lowest BCUT2D eigenvalue weighted by Crippen LogP contribution is -2.38. The van der Waals surface area contributed by atoms with E-state index >= 15 is 0 Å². The molecule has 2 fully saturated rings. The van der Waals surface area contributed by atoms with Gasteiger partial charge in [0.15, 0.2) is 5.96 Å². The number of fused-ring (bicyclic) bond motifs is 2. The van der Waals surface area contributed by atoms with E-state index < -0.39 is 0 Å². The molecule has 4 heteroatoms.